The topological polar surface area (TPSA) is 49.4 Å². The van der Waals surface area contributed by atoms with Gasteiger partial charge in [0, 0.05) is 25.7 Å². The number of sulfone groups is 1. The number of para-hydroxylation sites is 1. The zero-order valence-electron chi connectivity index (χ0n) is 11.0. The van der Waals surface area contributed by atoms with Crippen molar-refractivity contribution in [2.24, 2.45) is 0 Å². The number of nitrogens with zero attached hydrogens (tertiary/aromatic N) is 1. The van der Waals surface area contributed by atoms with E-state index in [4.69, 9.17) is 0 Å². The SMILES string of the molecule is CC1CS(=O)(=O)CCN1CCNc1ccccc1F. The minimum atomic E-state index is -2.87. The molecule has 1 unspecified atom stereocenters. The molecule has 1 aliphatic rings. The van der Waals surface area contributed by atoms with Gasteiger partial charge in [-0.2, -0.15) is 0 Å². The molecule has 1 aromatic carbocycles. The van der Waals surface area contributed by atoms with Crippen LogP contribution in [0.15, 0.2) is 24.3 Å². The Labute approximate surface area is 113 Å². The van der Waals surface area contributed by atoms with Gasteiger partial charge >= 0.3 is 0 Å². The number of hydrogen-bond acceptors (Lipinski definition) is 4. The first-order chi connectivity index (χ1) is 8.98. The highest BCUT2D eigenvalue weighted by molar-refractivity contribution is 7.91. The molecule has 1 atom stereocenters. The fourth-order valence-electron chi connectivity index (χ4n) is 2.30. The second-order valence-electron chi connectivity index (χ2n) is 4.91. The van der Waals surface area contributed by atoms with Crippen LogP contribution in [0.2, 0.25) is 0 Å². The van der Waals surface area contributed by atoms with Crippen molar-refractivity contribution in [3.8, 4) is 0 Å². The van der Waals surface area contributed by atoms with Gasteiger partial charge in [0.1, 0.15) is 5.82 Å². The molecule has 0 spiro atoms. The maximum absolute atomic E-state index is 13.4. The predicted octanol–water partition coefficient (Wildman–Crippen LogP) is 1.36. The molecule has 0 radical (unpaired) electrons. The first kappa shape index (κ1) is 14.3. The number of rotatable bonds is 4. The van der Waals surface area contributed by atoms with Gasteiger partial charge in [-0.25, -0.2) is 12.8 Å². The third kappa shape index (κ3) is 3.91. The van der Waals surface area contributed by atoms with Crippen molar-refractivity contribution in [2.45, 2.75) is 13.0 Å². The molecule has 0 aliphatic carbocycles. The van der Waals surface area contributed by atoms with E-state index in [9.17, 15) is 12.8 Å². The van der Waals surface area contributed by atoms with Crippen LogP contribution in [0.3, 0.4) is 0 Å². The lowest BCUT2D eigenvalue weighted by Crippen LogP contribution is -2.48. The highest BCUT2D eigenvalue weighted by Gasteiger charge is 2.27. The van der Waals surface area contributed by atoms with E-state index in [2.05, 4.69) is 10.2 Å². The summed E-state index contributed by atoms with van der Waals surface area (Å²) in [5, 5.41) is 3.04. The van der Waals surface area contributed by atoms with E-state index in [0.717, 1.165) is 0 Å². The zero-order valence-corrected chi connectivity index (χ0v) is 11.8. The standard InChI is InChI=1S/C13H19FN2O2S/c1-11-10-19(17,18)9-8-16(11)7-6-15-13-5-3-2-4-12(13)14/h2-5,11,15H,6-10H2,1H3. The molecule has 106 valence electrons. The number of halogens is 1. The van der Waals surface area contributed by atoms with Crippen molar-refractivity contribution in [3.05, 3.63) is 30.1 Å². The molecule has 1 saturated heterocycles. The van der Waals surface area contributed by atoms with Crippen LogP contribution in [0.5, 0.6) is 0 Å². The normalized spacial score (nSPS) is 23.2. The van der Waals surface area contributed by atoms with E-state index < -0.39 is 9.84 Å². The quantitative estimate of drug-likeness (QED) is 0.908. The summed E-state index contributed by atoms with van der Waals surface area (Å²) >= 11 is 0. The average molecular weight is 286 g/mol. The van der Waals surface area contributed by atoms with Gasteiger partial charge in [0.05, 0.1) is 17.2 Å². The number of nitrogens with one attached hydrogen (secondary N) is 1. The predicted molar refractivity (Wildman–Crippen MR) is 74.6 cm³/mol. The summed E-state index contributed by atoms with van der Waals surface area (Å²) < 4.78 is 36.3. The van der Waals surface area contributed by atoms with Crippen molar-refractivity contribution in [3.63, 3.8) is 0 Å². The number of benzene rings is 1. The molecule has 6 heteroatoms. The van der Waals surface area contributed by atoms with Gasteiger partial charge in [0.15, 0.2) is 9.84 Å². The van der Waals surface area contributed by atoms with Crippen LogP contribution in [0, 0.1) is 5.82 Å². The Morgan fingerprint density at radius 1 is 1.42 bits per heavy atom. The third-order valence-electron chi connectivity index (χ3n) is 3.40. The van der Waals surface area contributed by atoms with Gasteiger partial charge < -0.3 is 5.32 Å². The van der Waals surface area contributed by atoms with Crippen molar-refractivity contribution in [1.82, 2.24) is 4.90 Å². The van der Waals surface area contributed by atoms with Crippen molar-refractivity contribution in [2.75, 3.05) is 36.5 Å². The fourth-order valence-corrected chi connectivity index (χ4v) is 3.93. The summed E-state index contributed by atoms with van der Waals surface area (Å²) in [6.45, 7) is 3.79. The number of anilines is 1. The van der Waals surface area contributed by atoms with E-state index >= 15 is 0 Å². The van der Waals surface area contributed by atoms with E-state index in [1.807, 2.05) is 6.92 Å². The maximum atomic E-state index is 13.4. The lowest BCUT2D eigenvalue weighted by molar-refractivity contribution is 0.235. The Hall–Kier alpha value is -1.14. The van der Waals surface area contributed by atoms with Crippen LogP contribution < -0.4 is 5.32 Å². The van der Waals surface area contributed by atoms with Gasteiger partial charge in [0.2, 0.25) is 0 Å². The Bertz CT molecular complexity index is 533. The molecule has 0 saturated carbocycles. The Kier molecular flexibility index (Phi) is 4.42. The highest BCUT2D eigenvalue weighted by atomic mass is 32.2. The zero-order chi connectivity index (χ0) is 13.9. The molecular weight excluding hydrogens is 267 g/mol. The fraction of sp³-hybridized carbons (Fsp3) is 0.538. The molecular formula is C13H19FN2O2S. The van der Waals surface area contributed by atoms with Gasteiger partial charge in [-0.1, -0.05) is 12.1 Å². The summed E-state index contributed by atoms with van der Waals surface area (Å²) in [5.74, 6) is 0.167. The second-order valence-corrected chi connectivity index (χ2v) is 7.13. The third-order valence-corrected chi connectivity index (χ3v) is 5.19. The van der Waals surface area contributed by atoms with E-state index in [1.54, 1.807) is 18.2 Å². The molecule has 1 heterocycles. The summed E-state index contributed by atoms with van der Waals surface area (Å²) in [7, 11) is -2.87. The van der Waals surface area contributed by atoms with Crippen LogP contribution in [-0.2, 0) is 9.84 Å². The van der Waals surface area contributed by atoms with Gasteiger partial charge in [-0.05, 0) is 19.1 Å². The van der Waals surface area contributed by atoms with E-state index in [0.29, 0.717) is 25.3 Å². The highest BCUT2D eigenvalue weighted by Crippen LogP contribution is 2.13. The second kappa shape index (κ2) is 5.88. The summed E-state index contributed by atoms with van der Waals surface area (Å²) in [5.41, 5.74) is 0.486. The molecule has 2 rings (SSSR count). The van der Waals surface area contributed by atoms with Gasteiger partial charge in [-0.15, -0.1) is 0 Å². The van der Waals surface area contributed by atoms with Crippen LogP contribution >= 0.6 is 0 Å². The van der Waals surface area contributed by atoms with Crippen LogP contribution in [0.25, 0.3) is 0 Å². The molecule has 19 heavy (non-hydrogen) atoms. The average Bonchev–Trinajstić information content (AvgIpc) is 2.33. The Balaban J connectivity index is 1.82. The van der Waals surface area contributed by atoms with Crippen molar-refractivity contribution < 1.29 is 12.8 Å². The summed E-state index contributed by atoms with van der Waals surface area (Å²) in [4.78, 5) is 2.12. The summed E-state index contributed by atoms with van der Waals surface area (Å²) in [6.07, 6.45) is 0. The first-order valence-corrected chi connectivity index (χ1v) is 8.23. The van der Waals surface area contributed by atoms with Gasteiger partial charge in [0.25, 0.3) is 0 Å². The molecule has 0 amide bonds. The molecule has 4 nitrogen and oxygen atoms in total. The molecule has 1 N–H and O–H groups in total. The van der Waals surface area contributed by atoms with Gasteiger partial charge in [-0.3, -0.25) is 4.90 Å². The molecule has 1 aliphatic heterocycles. The minimum absolute atomic E-state index is 0.0289. The van der Waals surface area contributed by atoms with Crippen LogP contribution in [-0.4, -0.2) is 50.5 Å². The molecule has 0 aromatic heterocycles. The first-order valence-electron chi connectivity index (χ1n) is 6.41. The largest absolute Gasteiger partial charge is 0.381 e. The molecule has 1 fully saturated rings. The monoisotopic (exact) mass is 286 g/mol. The van der Waals surface area contributed by atoms with Crippen molar-refractivity contribution >= 4 is 15.5 Å². The lowest BCUT2D eigenvalue weighted by atomic mass is 10.3. The van der Waals surface area contributed by atoms with Crippen molar-refractivity contribution in [1.29, 1.82) is 0 Å². The molecule has 0 bridgehead atoms. The number of hydrogen-bond donors (Lipinski definition) is 1. The maximum Gasteiger partial charge on any atom is 0.153 e. The van der Waals surface area contributed by atoms with Crippen LogP contribution in [0.4, 0.5) is 10.1 Å². The molecule has 1 aromatic rings. The Morgan fingerprint density at radius 2 is 2.16 bits per heavy atom. The Morgan fingerprint density at radius 3 is 2.84 bits per heavy atom. The minimum Gasteiger partial charge on any atom is -0.381 e. The summed E-state index contributed by atoms with van der Waals surface area (Å²) in [6, 6.07) is 6.57. The van der Waals surface area contributed by atoms with E-state index in [-0.39, 0.29) is 23.4 Å². The van der Waals surface area contributed by atoms with Crippen LogP contribution in [0.1, 0.15) is 6.92 Å². The smallest absolute Gasteiger partial charge is 0.153 e. The van der Waals surface area contributed by atoms with E-state index in [1.165, 1.54) is 6.07 Å². The lowest BCUT2D eigenvalue weighted by Gasteiger charge is -2.33.